The third-order valence-electron chi connectivity index (χ3n) is 6.17. The van der Waals surface area contributed by atoms with Gasteiger partial charge in [-0.05, 0) is 37.0 Å². The fourth-order valence-electron chi connectivity index (χ4n) is 4.72. The highest BCUT2D eigenvalue weighted by molar-refractivity contribution is 7.89. The number of nitrogens with zero attached hydrogens (tertiary/aromatic N) is 1. The molecule has 0 aromatic heterocycles. The normalized spacial score (nSPS) is 31.4. The average molecular weight is 373 g/mol. The number of rotatable bonds is 6. The van der Waals surface area contributed by atoms with Crippen molar-refractivity contribution in [1.82, 2.24) is 9.62 Å². The molecule has 2 saturated carbocycles. The zero-order valence-electron chi connectivity index (χ0n) is 15.3. The number of carbonyl (C=O) groups is 1. The van der Waals surface area contributed by atoms with E-state index in [2.05, 4.69) is 12.2 Å². The molecule has 0 bridgehead atoms. The van der Waals surface area contributed by atoms with Crippen LogP contribution in [0.15, 0.2) is 0 Å². The van der Waals surface area contributed by atoms with Crippen LogP contribution in [0.4, 0.5) is 0 Å². The Labute approximate surface area is 151 Å². The van der Waals surface area contributed by atoms with Crippen molar-refractivity contribution in [3.05, 3.63) is 0 Å². The van der Waals surface area contributed by atoms with Gasteiger partial charge in [-0.2, -0.15) is 4.31 Å². The maximum absolute atomic E-state index is 12.4. The van der Waals surface area contributed by atoms with Crippen molar-refractivity contribution in [2.24, 2.45) is 11.3 Å². The Morgan fingerprint density at radius 2 is 1.92 bits per heavy atom. The first-order chi connectivity index (χ1) is 11.9. The Morgan fingerprint density at radius 1 is 1.20 bits per heavy atom. The van der Waals surface area contributed by atoms with Gasteiger partial charge in [-0.1, -0.05) is 32.6 Å². The summed E-state index contributed by atoms with van der Waals surface area (Å²) in [6, 6.07) is 0. The smallest absolute Gasteiger partial charge is 0.235 e. The molecule has 1 heterocycles. The molecule has 7 heteroatoms. The Bertz CT molecular complexity index is 572. The van der Waals surface area contributed by atoms with Crippen molar-refractivity contribution < 1.29 is 17.9 Å². The molecule has 2 atom stereocenters. The topological polar surface area (TPSA) is 75.7 Å². The van der Waals surface area contributed by atoms with E-state index in [-0.39, 0.29) is 23.6 Å². The first-order valence-electron chi connectivity index (χ1n) is 9.76. The number of ether oxygens (including phenoxy) is 1. The van der Waals surface area contributed by atoms with E-state index in [0.29, 0.717) is 31.7 Å². The number of hydrogen-bond donors (Lipinski definition) is 1. The predicted octanol–water partition coefficient (Wildman–Crippen LogP) is 1.90. The van der Waals surface area contributed by atoms with E-state index in [0.717, 1.165) is 32.1 Å². The van der Waals surface area contributed by atoms with Crippen LogP contribution in [0.3, 0.4) is 0 Å². The number of hydrogen-bond acceptors (Lipinski definition) is 4. The molecule has 1 saturated heterocycles. The van der Waals surface area contributed by atoms with Crippen LogP contribution in [0.1, 0.15) is 58.3 Å². The van der Waals surface area contributed by atoms with Crippen LogP contribution in [0.2, 0.25) is 0 Å². The van der Waals surface area contributed by atoms with Gasteiger partial charge in [0, 0.05) is 13.1 Å². The standard InChI is InChI=1S/C18H32N2O4S/c1-15-6-2-3-7-16(15)24-11-10-19-17(21)12-20-13-18(8-4-5-9-18)14-25(20,22)23/h15-16H,2-14H2,1H3,(H,19,21). The van der Waals surface area contributed by atoms with Crippen molar-refractivity contribution in [3.63, 3.8) is 0 Å². The van der Waals surface area contributed by atoms with E-state index < -0.39 is 10.0 Å². The maximum Gasteiger partial charge on any atom is 0.235 e. The first kappa shape index (κ1) is 19.1. The summed E-state index contributed by atoms with van der Waals surface area (Å²) in [5.41, 5.74) is -0.0979. The summed E-state index contributed by atoms with van der Waals surface area (Å²) in [6.45, 7) is 3.63. The molecule has 144 valence electrons. The maximum atomic E-state index is 12.4. The fraction of sp³-hybridized carbons (Fsp3) is 0.944. The van der Waals surface area contributed by atoms with Gasteiger partial charge in [-0.15, -0.1) is 0 Å². The van der Waals surface area contributed by atoms with Crippen molar-refractivity contribution in [1.29, 1.82) is 0 Å². The molecular weight excluding hydrogens is 340 g/mol. The summed E-state index contributed by atoms with van der Waals surface area (Å²) in [6.07, 6.45) is 9.26. The summed E-state index contributed by atoms with van der Waals surface area (Å²) >= 11 is 0. The van der Waals surface area contributed by atoms with E-state index >= 15 is 0 Å². The summed E-state index contributed by atoms with van der Waals surface area (Å²) < 4.78 is 32.0. The zero-order valence-corrected chi connectivity index (χ0v) is 16.2. The predicted molar refractivity (Wildman–Crippen MR) is 96.6 cm³/mol. The van der Waals surface area contributed by atoms with Crippen LogP contribution in [0.25, 0.3) is 0 Å². The van der Waals surface area contributed by atoms with Crippen LogP contribution < -0.4 is 5.32 Å². The molecule has 0 aromatic carbocycles. The van der Waals surface area contributed by atoms with Crippen molar-refractivity contribution >= 4 is 15.9 Å². The van der Waals surface area contributed by atoms with E-state index in [4.69, 9.17) is 4.74 Å². The van der Waals surface area contributed by atoms with Crippen LogP contribution >= 0.6 is 0 Å². The largest absolute Gasteiger partial charge is 0.376 e. The summed E-state index contributed by atoms with van der Waals surface area (Å²) in [5.74, 6) is 0.580. The highest BCUT2D eigenvalue weighted by Crippen LogP contribution is 2.44. The van der Waals surface area contributed by atoms with Gasteiger partial charge in [0.15, 0.2) is 0 Å². The molecule has 3 rings (SSSR count). The first-order valence-corrected chi connectivity index (χ1v) is 11.4. The van der Waals surface area contributed by atoms with Gasteiger partial charge in [0.1, 0.15) is 0 Å². The Balaban J connectivity index is 1.39. The van der Waals surface area contributed by atoms with Gasteiger partial charge in [0.05, 0.1) is 25.0 Å². The number of amides is 1. The number of sulfonamides is 1. The van der Waals surface area contributed by atoms with Gasteiger partial charge >= 0.3 is 0 Å². The lowest BCUT2D eigenvalue weighted by molar-refractivity contribution is -0.121. The SMILES string of the molecule is CC1CCCCC1OCCNC(=O)CN1CC2(CCCC2)CS1(=O)=O. The van der Waals surface area contributed by atoms with Gasteiger partial charge in [-0.25, -0.2) is 8.42 Å². The lowest BCUT2D eigenvalue weighted by Crippen LogP contribution is -2.40. The Kier molecular flexibility index (Phi) is 6.06. The van der Waals surface area contributed by atoms with Crippen LogP contribution in [0.5, 0.6) is 0 Å². The average Bonchev–Trinajstić information content (AvgIpc) is 3.09. The summed E-state index contributed by atoms with van der Waals surface area (Å²) in [5, 5.41) is 2.81. The third kappa shape index (κ3) is 4.74. The minimum atomic E-state index is -3.29. The molecule has 3 fully saturated rings. The highest BCUT2D eigenvalue weighted by Gasteiger charge is 2.49. The third-order valence-corrected chi connectivity index (χ3v) is 8.19. The molecule has 1 amide bonds. The summed E-state index contributed by atoms with van der Waals surface area (Å²) in [7, 11) is -3.29. The van der Waals surface area contributed by atoms with Gasteiger partial charge in [-0.3, -0.25) is 4.79 Å². The molecule has 1 aliphatic heterocycles. The lowest BCUT2D eigenvalue weighted by atomic mass is 9.88. The van der Waals surface area contributed by atoms with Crippen molar-refractivity contribution in [3.8, 4) is 0 Å². The molecule has 25 heavy (non-hydrogen) atoms. The fourth-order valence-corrected chi connectivity index (χ4v) is 6.85. The second kappa shape index (κ2) is 7.92. The van der Waals surface area contributed by atoms with Gasteiger partial charge in [0.25, 0.3) is 0 Å². The van der Waals surface area contributed by atoms with Crippen LogP contribution in [0, 0.1) is 11.3 Å². The van der Waals surface area contributed by atoms with E-state index in [1.165, 1.54) is 23.6 Å². The van der Waals surface area contributed by atoms with E-state index in [1.807, 2.05) is 0 Å². The van der Waals surface area contributed by atoms with Crippen LogP contribution in [-0.4, -0.2) is 56.7 Å². The minimum Gasteiger partial charge on any atom is -0.376 e. The lowest BCUT2D eigenvalue weighted by Gasteiger charge is -2.28. The molecule has 1 spiro atoms. The van der Waals surface area contributed by atoms with Crippen molar-refractivity contribution in [2.75, 3.05) is 32.0 Å². The molecular formula is C18H32N2O4S. The van der Waals surface area contributed by atoms with Gasteiger partial charge < -0.3 is 10.1 Å². The monoisotopic (exact) mass is 372 g/mol. The molecule has 2 aliphatic carbocycles. The second-order valence-electron chi connectivity index (χ2n) is 8.25. The zero-order chi connectivity index (χ0) is 17.9. The Morgan fingerprint density at radius 3 is 2.64 bits per heavy atom. The molecule has 1 N–H and O–H groups in total. The number of nitrogens with one attached hydrogen (secondary N) is 1. The Hall–Kier alpha value is -0.660. The van der Waals surface area contributed by atoms with E-state index in [1.54, 1.807) is 0 Å². The molecule has 2 unspecified atom stereocenters. The highest BCUT2D eigenvalue weighted by atomic mass is 32.2. The molecule has 0 radical (unpaired) electrons. The van der Waals surface area contributed by atoms with E-state index in [9.17, 15) is 13.2 Å². The quantitative estimate of drug-likeness (QED) is 0.723. The minimum absolute atomic E-state index is 0.0517. The van der Waals surface area contributed by atoms with Crippen LogP contribution in [-0.2, 0) is 19.6 Å². The second-order valence-corrected chi connectivity index (χ2v) is 10.2. The van der Waals surface area contributed by atoms with Crippen molar-refractivity contribution in [2.45, 2.75) is 64.4 Å². The van der Waals surface area contributed by atoms with Gasteiger partial charge in [0.2, 0.25) is 15.9 Å². The molecule has 3 aliphatic rings. The molecule has 0 aromatic rings. The summed E-state index contributed by atoms with van der Waals surface area (Å²) in [4.78, 5) is 12.1. The number of carbonyl (C=O) groups excluding carboxylic acids is 1. The molecule has 6 nitrogen and oxygen atoms in total.